The van der Waals surface area contributed by atoms with Crippen molar-refractivity contribution in [2.45, 2.75) is 45.3 Å². The third-order valence-corrected chi connectivity index (χ3v) is 4.20. The van der Waals surface area contributed by atoms with Crippen molar-refractivity contribution < 1.29 is 9.84 Å². The van der Waals surface area contributed by atoms with Gasteiger partial charge in [-0.25, -0.2) is 4.68 Å². The van der Waals surface area contributed by atoms with Crippen LogP contribution in [0.15, 0.2) is 18.6 Å². The Hall–Kier alpha value is -2.22. The van der Waals surface area contributed by atoms with Crippen molar-refractivity contribution in [2.75, 3.05) is 24.6 Å². The van der Waals surface area contributed by atoms with E-state index in [0.29, 0.717) is 37.0 Å². The summed E-state index contributed by atoms with van der Waals surface area (Å²) in [5, 5.41) is 19.4. The largest absolute Gasteiger partial charge is 0.477 e. The van der Waals surface area contributed by atoms with Crippen molar-refractivity contribution in [1.82, 2.24) is 25.0 Å². The monoisotopic (exact) mass is 332 g/mol. The Labute approximate surface area is 141 Å². The number of hydrogen-bond donors (Lipinski definition) is 1. The third kappa shape index (κ3) is 3.33. The Balaban J connectivity index is 1.81. The van der Waals surface area contributed by atoms with Crippen LogP contribution in [0.1, 0.15) is 45.3 Å². The molecule has 0 aliphatic carbocycles. The SMILES string of the molecule is CCOc1cncc(N2CCCC(O)(c3cn(C(C)C)nn3)C2)n1. The molecule has 1 aliphatic heterocycles. The summed E-state index contributed by atoms with van der Waals surface area (Å²) in [7, 11) is 0. The molecule has 0 bridgehead atoms. The molecule has 3 heterocycles. The van der Waals surface area contributed by atoms with Crippen LogP contribution in [0.25, 0.3) is 0 Å². The first-order valence-corrected chi connectivity index (χ1v) is 8.36. The fourth-order valence-electron chi connectivity index (χ4n) is 2.89. The van der Waals surface area contributed by atoms with Crippen molar-refractivity contribution in [1.29, 1.82) is 0 Å². The van der Waals surface area contributed by atoms with Gasteiger partial charge in [-0.15, -0.1) is 5.10 Å². The smallest absolute Gasteiger partial charge is 0.234 e. The number of nitrogens with zero attached hydrogens (tertiary/aromatic N) is 6. The second kappa shape index (κ2) is 6.72. The summed E-state index contributed by atoms with van der Waals surface area (Å²) in [5.74, 6) is 1.20. The molecule has 2 aromatic rings. The molecule has 8 heteroatoms. The Morgan fingerprint density at radius 2 is 2.21 bits per heavy atom. The van der Waals surface area contributed by atoms with E-state index in [1.165, 1.54) is 0 Å². The van der Waals surface area contributed by atoms with Crippen molar-refractivity contribution in [3.63, 3.8) is 0 Å². The quantitative estimate of drug-likeness (QED) is 0.888. The van der Waals surface area contributed by atoms with E-state index in [1.54, 1.807) is 17.1 Å². The second-order valence-corrected chi connectivity index (χ2v) is 6.38. The molecule has 0 aromatic carbocycles. The van der Waals surface area contributed by atoms with Gasteiger partial charge >= 0.3 is 0 Å². The predicted molar refractivity (Wildman–Crippen MR) is 89.0 cm³/mol. The van der Waals surface area contributed by atoms with Gasteiger partial charge in [-0.05, 0) is 33.6 Å². The first-order chi connectivity index (χ1) is 11.5. The summed E-state index contributed by atoms with van der Waals surface area (Å²) >= 11 is 0. The average Bonchev–Trinajstić information content (AvgIpc) is 3.07. The highest BCUT2D eigenvalue weighted by molar-refractivity contribution is 5.39. The van der Waals surface area contributed by atoms with E-state index < -0.39 is 5.60 Å². The number of piperidine rings is 1. The molecule has 1 unspecified atom stereocenters. The molecule has 130 valence electrons. The highest BCUT2D eigenvalue weighted by atomic mass is 16.5. The minimum Gasteiger partial charge on any atom is -0.477 e. The average molecular weight is 332 g/mol. The summed E-state index contributed by atoms with van der Waals surface area (Å²) in [6, 6.07) is 0.211. The van der Waals surface area contributed by atoms with Gasteiger partial charge < -0.3 is 14.7 Å². The maximum atomic E-state index is 11.1. The van der Waals surface area contributed by atoms with Gasteiger partial charge in [0, 0.05) is 12.6 Å². The zero-order chi connectivity index (χ0) is 17.2. The number of β-amino-alcohol motifs (C(OH)–C–C–N with tert-alkyl or cyclic N) is 1. The molecule has 1 aliphatic rings. The topological polar surface area (TPSA) is 89.2 Å². The van der Waals surface area contributed by atoms with E-state index in [1.807, 2.05) is 31.9 Å². The zero-order valence-corrected chi connectivity index (χ0v) is 14.4. The van der Waals surface area contributed by atoms with Crippen molar-refractivity contribution in [3.8, 4) is 5.88 Å². The molecular formula is C16H24N6O2. The van der Waals surface area contributed by atoms with Gasteiger partial charge in [-0.2, -0.15) is 4.98 Å². The number of hydrogen-bond acceptors (Lipinski definition) is 7. The van der Waals surface area contributed by atoms with Gasteiger partial charge in [-0.1, -0.05) is 5.21 Å². The van der Waals surface area contributed by atoms with Crippen LogP contribution in [-0.4, -0.2) is 49.8 Å². The Morgan fingerprint density at radius 3 is 2.92 bits per heavy atom. The standard InChI is InChI=1S/C16H24N6O2/c1-4-24-15-9-17-8-14(18-15)21-7-5-6-16(23,11-21)13-10-22(12(2)3)20-19-13/h8-10,12,23H,4-7,11H2,1-3H3. The van der Waals surface area contributed by atoms with E-state index in [0.717, 1.165) is 13.0 Å². The van der Waals surface area contributed by atoms with Crippen LogP contribution in [0, 0.1) is 0 Å². The number of rotatable bonds is 5. The number of aromatic nitrogens is 5. The Morgan fingerprint density at radius 1 is 1.38 bits per heavy atom. The Bertz CT molecular complexity index is 689. The van der Waals surface area contributed by atoms with E-state index in [-0.39, 0.29) is 6.04 Å². The van der Waals surface area contributed by atoms with Crippen LogP contribution < -0.4 is 9.64 Å². The molecule has 24 heavy (non-hydrogen) atoms. The molecule has 1 fully saturated rings. The van der Waals surface area contributed by atoms with Crippen molar-refractivity contribution in [2.24, 2.45) is 0 Å². The van der Waals surface area contributed by atoms with Crippen LogP contribution in [0.3, 0.4) is 0 Å². The molecular weight excluding hydrogens is 308 g/mol. The lowest BCUT2D eigenvalue weighted by Gasteiger charge is -2.38. The van der Waals surface area contributed by atoms with Crippen LogP contribution in [-0.2, 0) is 5.60 Å². The van der Waals surface area contributed by atoms with Gasteiger partial charge in [-0.3, -0.25) is 4.98 Å². The van der Waals surface area contributed by atoms with E-state index >= 15 is 0 Å². The summed E-state index contributed by atoms with van der Waals surface area (Å²) in [5.41, 5.74) is -0.427. The fraction of sp³-hybridized carbons (Fsp3) is 0.625. The highest BCUT2D eigenvalue weighted by Crippen LogP contribution is 2.32. The summed E-state index contributed by atoms with van der Waals surface area (Å²) in [6.45, 7) is 7.74. The third-order valence-electron chi connectivity index (χ3n) is 4.20. The van der Waals surface area contributed by atoms with Crippen molar-refractivity contribution in [3.05, 3.63) is 24.3 Å². The fourth-order valence-corrected chi connectivity index (χ4v) is 2.89. The lowest BCUT2D eigenvalue weighted by Crippen LogP contribution is -2.46. The van der Waals surface area contributed by atoms with E-state index in [4.69, 9.17) is 4.74 Å². The number of ether oxygens (including phenoxy) is 1. The maximum absolute atomic E-state index is 11.1. The maximum Gasteiger partial charge on any atom is 0.234 e. The molecule has 0 spiro atoms. The van der Waals surface area contributed by atoms with E-state index in [9.17, 15) is 5.11 Å². The molecule has 0 saturated carbocycles. The molecule has 0 amide bonds. The minimum atomic E-state index is -1.03. The van der Waals surface area contributed by atoms with Crippen LogP contribution in [0.4, 0.5) is 5.82 Å². The lowest BCUT2D eigenvalue weighted by molar-refractivity contribution is 0.0174. The molecule has 2 aromatic heterocycles. The molecule has 1 N–H and O–H groups in total. The zero-order valence-electron chi connectivity index (χ0n) is 14.4. The molecule has 1 atom stereocenters. The molecule has 3 rings (SSSR count). The van der Waals surface area contributed by atoms with Gasteiger partial charge in [0.2, 0.25) is 5.88 Å². The van der Waals surface area contributed by atoms with E-state index in [2.05, 4.69) is 20.3 Å². The van der Waals surface area contributed by atoms with Gasteiger partial charge in [0.05, 0.1) is 31.7 Å². The Kier molecular flexibility index (Phi) is 4.66. The van der Waals surface area contributed by atoms with Crippen LogP contribution in [0.2, 0.25) is 0 Å². The lowest BCUT2D eigenvalue weighted by atomic mass is 9.90. The van der Waals surface area contributed by atoms with Crippen LogP contribution >= 0.6 is 0 Å². The summed E-state index contributed by atoms with van der Waals surface area (Å²) < 4.78 is 7.18. The molecule has 8 nitrogen and oxygen atoms in total. The summed E-state index contributed by atoms with van der Waals surface area (Å²) in [6.07, 6.45) is 6.61. The molecule has 1 saturated heterocycles. The predicted octanol–water partition coefficient (Wildman–Crippen LogP) is 1.54. The minimum absolute atomic E-state index is 0.211. The molecule has 0 radical (unpaired) electrons. The number of aliphatic hydroxyl groups is 1. The highest BCUT2D eigenvalue weighted by Gasteiger charge is 2.38. The first kappa shape index (κ1) is 16.6. The first-order valence-electron chi connectivity index (χ1n) is 8.36. The van der Waals surface area contributed by atoms with Gasteiger partial charge in [0.25, 0.3) is 0 Å². The van der Waals surface area contributed by atoms with Crippen LogP contribution in [0.5, 0.6) is 5.88 Å². The van der Waals surface area contributed by atoms with Crippen molar-refractivity contribution >= 4 is 5.82 Å². The van der Waals surface area contributed by atoms with Gasteiger partial charge in [0.15, 0.2) is 5.82 Å². The second-order valence-electron chi connectivity index (χ2n) is 6.38. The number of anilines is 1. The van der Waals surface area contributed by atoms with Gasteiger partial charge in [0.1, 0.15) is 11.3 Å². The normalized spacial score (nSPS) is 21.3. The summed E-state index contributed by atoms with van der Waals surface area (Å²) in [4.78, 5) is 10.7.